The van der Waals surface area contributed by atoms with Crippen molar-refractivity contribution in [1.82, 2.24) is 0 Å². The summed E-state index contributed by atoms with van der Waals surface area (Å²) in [6.07, 6.45) is 0. The second kappa shape index (κ2) is 16.8. The van der Waals surface area contributed by atoms with Gasteiger partial charge in [0.05, 0.1) is 0 Å². The maximum absolute atomic E-state index is 3.28. The maximum Gasteiger partial charge on any atom is 7.00 e. The third kappa shape index (κ3) is 7.55. The van der Waals surface area contributed by atoms with Crippen LogP contribution in [0.3, 0.4) is 0 Å². The van der Waals surface area contributed by atoms with Gasteiger partial charge in [0, 0.05) is 34.1 Å². The Morgan fingerprint density at radius 1 is 0.315 bits per heavy atom. The van der Waals surface area contributed by atoms with E-state index >= 15 is 0 Å². The molecule has 3 aliphatic rings. The van der Waals surface area contributed by atoms with Crippen LogP contribution < -0.4 is 29.4 Å². The Hall–Kier alpha value is -6.02. The first-order chi connectivity index (χ1) is 26.2. The van der Waals surface area contributed by atoms with E-state index in [1.54, 1.807) is 0 Å². The van der Waals surface area contributed by atoms with E-state index in [1.165, 1.54) is 22.7 Å². The average molecular weight is 876 g/mol. The van der Waals surface area contributed by atoms with Gasteiger partial charge >= 0.3 is 19.8 Å². The Labute approximate surface area is 332 Å². The van der Waals surface area contributed by atoms with E-state index < -0.39 is 0 Å². The second-order valence-corrected chi connectivity index (χ2v) is 12.5. The fraction of sp³-hybridized carbons (Fsp3) is 0.0426. The zero-order valence-electron chi connectivity index (χ0n) is 29.9. The molecule has 0 N–H and O–H groups in total. The van der Waals surface area contributed by atoms with Crippen LogP contribution in [0.25, 0.3) is 0 Å². The van der Waals surface area contributed by atoms with Crippen LogP contribution in [0, 0.1) is 44.3 Å². The Morgan fingerprint density at radius 2 is 0.556 bits per heavy atom. The predicted octanol–water partition coefficient (Wildman–Crippen LogP) is 11.1. The summed E-state index contributed by atoms with van der Waals surface area (Å²) in [5.41, 5.74) is 11.3. The van der Waals surface area contributed by atoms with Crippen molar-refractivity contribution in [2.45, 2.75) is 0 Å². The van der Waals surface area contributed by atoms with Crippen LogP contribution in [0.4, 0.5) is 56.9 Å². The molecule has 0 atom stereocenters. The zero-order valence-corrected chi connectivity index (χ0v) is 32.5. The molecule has 3 aliphatic heterocycles. The van der Waals surface area contributed by atoms with Crippen molar-refractivity contribution < 1.29 is 19.8 Å². The number of fused-ring (bicyclic) bond motifs is 3. The van der Waals surface area contributed by atoms with Crippen LogP contribution in [-0.2, 0) is 19.8 Å². The molecule has 7 aromatic rings. The normalized spacial score (nSPS) is 13.5. The monoisotopic (exact) mass is 877 g/mol. The fourth-order valence-corrected chi connectivity index (χ4v) is 6.54. The minimum Gasteiger partial charge on any atom is -0.504 e. The Morgan fingerprint density at radius 3 is 0.833 bits per heavy atom. The topological polar surface area (TPSA) is 19.4 Å². The van der Waals surface area contributed by atoms with Crippen LogP contribution in [0.5, 0.6) is 0 Å². The first-order valence-electron chi connectivity index (χ1n) is 17.5. The van der Waals surface area contributed by atoms with Crippen molar-refractivity contribution in [3.05, 3.63) is 214 Å². The summed E-state index contributed by atoms with van der Waals surface area (Å²) in [7, 11) is 4.11. The molecule has 0 fully saturated rings. The Balaban J connectivity index is 0.000000126. The third-order valence-electron chi connectivity index (χ3n) is 9.06. The van der Waals surface area contributed by atoms with Crippen molar-refractivity contribution in [1.29, 1.82) is 0 Å². The fourth-order valence-electron chi connectivity index (χ4n) is 6.54. The number of anilines is 10. The Kier molecular flexibility index (Phi) is 11.3. The standard InChI is InChI=1S/C19H13N2.2C14H12N2.Os/c1-3-9-16(10-4-1)20-15-21(17-11-5-2-6-12-17)19-14-8-7-13-18(19)20;2*1-15-11-16(12-7-3-2-4-8-12)14-10-6-5-9-13(14)15;/h1-9,11,13-15H;2*2-7,9-11H,1H3;/q-3;2*-2;+7. The van der Waals surface area contributed by atoms with Crippen molar-refractivity contribution in [2.24, 2.45) is 0 Å². The molecule has 7 aromatic carbocycles. The first-order valence-corrected chi connectivity index (χ1v) is 17.5. The molecule has 0 spiro atoms. The summed E-state index contributed by atoms with van der Waals surface area (Å²) in [5, 5.41) is 0. The van der Waals surface area contributed by atoms with Gasteiger partial charge in [0.1, 0.15) is 0 Å². The van der Waals surface area contributed by atoms with Gasteiger partial charge in [-0.3, -0.25) is 0 Å². The molecule has 0 bridgehead atoms. The van der Waals surface area contributed by atoms with E-state index in [0.717, 1.165) is 34.1 Å². The molecule has 10 rings (SSSR count). The van der Waals surface area contributed by atoms with Crippen molar-refractivity contribution >= 4 is 56.9 Å². The maximum atomic E-state index is 3.28. The van der Waals surface area contributed by atoms with Gasteiger partial charge in [-0.25, -0.2) is 0 Å². The largest absolute Gasteiger partial charge is 7.00 e. The average Bonchev–Trinajstić information content (AvgIpc) is 3.91. The van der Waals surface area contributed by atoms with E-state index in [4.69, 9.17) is 0 Å². The minimum absolute atomic E-state index is 0. The Bertz CT molecular complexity index is 2080. The quantitative estimate of drug-likeness (QED) is 0.163. The van der Waals surface area contributed by atoms with Gasteiger partial charge in [0.15, 0.2) is 0 Å². The van der Waals surface area contributed by atoms with Gasteiger partial charge in [0.25, 0.3) is 0 Å². The van der Waals surface area contributed by atoms with Crippen LogP contribution in [0.2, 0.25) is 0 Å². The third-order valence-corrected chi connectivity index (χ3v) is 9.06. The van der Waals surface area contributed by atoms with E-state index in [1.807, 2.05) is 72.8 Å². The molecule has 0 saturated carbocycles. The second-order valence-electron chi connectivity index (χ2n) is 12.5. The van der Waals surface area contributed by atoms with Gasteiger partial charge in [-0.2, -0.15) is 135 Å². The summed E-state index contributed by atoms with van der Waals surface area (Å²) in [6, 6.07) is 70.1. The smallest absolute Gasteiger partial charge is 0.504 e. The van der Waals surface area contributed by atoms with E-state index in [-0.39, 0.29) is 19.8 Å². The predicted molar refractivity (Wildman–Crippen MR) is 219 cm³/mol. The number of para-hydroxylation sites is 10. The van der Waals surface area contributed by atoms with Gasteiger partial charge in [-0.1, -0.05) is 36.4 Å². The number of benzene rings is 7. The summed E-state index contributed by atoms with van der Waals surface area (Å²) >= 11 is 0. The molecule has 6 nitrogen and oxygen atoms in total. The molecule has 0 saturated heterocycles. The van der Waals surface area contributed by atoms with Gasteiger partial charge in [-0.05, 0) is 50.5 Å². The molecule has 7 heteroatoms. The van der Waals surface area contributed by atoms with Crippen LogP contribution in [-0.4, -0.2) is 14.1 Å². The van der Waals surface area contributed by atoms with Gasteiger partial charge in [0.2, 0.25) is 0 Å². The van der Waals surface area contributed by atoms with Crippen LogP contribution >= 0.6 is 0 Å². The molecule has 54 heavy (non-hydrogen) atoms. The molecule has 0 aliphatic carbocycles. The molecule has 3 heterocycles. The first kappa shape index (κ1) is 36.3. The number of rotatable bonds is 4. The van der Waals surface area contributed by atoms with Crippen molar-refractivity contribution in [2.75, 3.05) is 43.5 Å². The number of hydrogen-bond donors (Lipinski definition) is 0. The molecule has 263 valence electrons. The molecule has 0 unspecified atom stereocenters. The van der Waals surface area contributed by atoms with Gasteiger partial charge in [-0.15, -0.1) is 29.4 Å². The SMILES string of the molecule is CN1[CH-]N(c2[c-]cccc2)c2ccccc21.CN1[CH-]N(c2[c-]cccc2)c2ccccc21.[Os+7].[c-]1ccccc1N1[CH-]N(c2[c-]cccc2)c2ccccc21. The van der Waals surface area contributed by atoms with Crippen LogP contribution in [0.15, 0.2) is 170 Å². The zero-order chi connectivity index (χ0) is 36.0. The minimum atomic E-state index is 0. The van der Waals surface area contributed by atoms with Gasteiger partial charge < -0.3 is 29.4 Å². The van der Waals surface area contributed by atoms with E-state index in [2.05, 4.69) is 185 Å². The van der Waals surface area contributed by atoms with E-state index in [0.29, 0.717) is 0 Å². The molecular formula is C47H37N6Os. The summed E-state index contributed by atoms with van der Waals surface area (Å²) < 4.78 is 0. The van der Waals surface area contributed by atoms with Crippen LogP contribution in [0.1, 0.15) is 0 Å². The number of hydrogen-bond acceptors (Lipinski definition) is 6. The van der Waals surface area contributed by atoms with Crippen molar-refractivity contribution in [3.8, 4) is 0 Å². The summed E-state index contributed by atoms with van der Waals surface area (Å²) in [6.45, 7) is 6.25. The van der Waals surface area contributed by atoms with Crippen molar-refractivity contribution in [3.63, 3.8) is 0 Å². The van der Waals surface area contributed by atoms with E-state index in [9.17, 15) is 0 Å². The molecule has 0 aromatic heterocycles. The summed E-state index contributed by atoms with van der Waals surface area (Å²) in [4.78, 5) is 12.8. The molecule has 0 amide bonds. The number of nitrogens with zero attached hydrogens (tertiary/aromatic N) is 6. The summed E-state index contributed by atoms with van der Waals surface area (Å²) in [5.74, 6) is 0. The molecule has 1 radical (unpaired) electrons. The molecular weight excluding hydrogens is 839 g/mol.